The molecule has 0 aliphatic carbocycles. The Bertz CT molecular complexity index is 674. The first-order valence-corrected chi connectivity index (χ1v) is 8.02. The molecule has 0 unspecified atom stereocenters. The van der Waals surface area contributed by atoms with Gasteiger partial charge in [0.2, 0.25) is 0 Å². The maximum Gasteiger partial charge on any atom is 0.303 e. The molecule has 0 radical (unpaired) electrons. The highest BCUT2D eigenvalue weighted by Gasteiger charge is 2.31. The summed E-state index contributed by atoms with van der Waals surface area (Å²) in [5, 5.41) is 16.5. The van der Waals surface area contributed by atoms with Gasteiger partial charge in [-0.25, -0.2) is 0 Å². The molecule has 0 aliphatic heterocycles. The topological polar surface area (TPSA) is 88.8 Å². The van der Waals surface area contributed by atoms with Gasteiger partial charge in [0.15, 0.2) is 5.60 Å². The van der Waals surface area contributed by atoms with Gasteiger partial charge < -0.3 is 19.6 Å². The Morgan fingerprint density at radius 1 is 1.39 bits per heavy atom. The molecular weight excluding hydrogens is 318 g/mol. The van der Waals surface area contributed by atoms with Crippen LogP contribution in [-0.2, 0) is 14.3 Å². The number of furan rings is 1. The fraction of sp³-hybridized carbons (Fsp3) is 0.375. The van der Waals surface area contributed by atoms with Crippen LogP contribution >= 0.6 is 11.3 Å². The van der Waals surface area contributed by atoms with Crippen molar-refractivity contribution in [2.45, 2.75) is 32.5 Å². The van der Waals surface area contributed by atoms with Gasteiger partial charge in [-0.05, 0) is 37.4 Å². The van der Waals surface area contributed by atoms with E-state index in [1.165, 1.54) is 20.8 Å². The van der Waals surface area contributed by atoms with Crippen LogP contribution in [0.1, 0.15) is 32.6 Å². The molecule has 1 atom stereocenters. The SMILES string of the molecule is CC(=O)OC(C)(C)C(=O)NC[C@H](O)c1ccc(-c2ccsc2)o1. The maximum atomic E-state index is 12.0. The lowest BCUT2D eigenvalue weighted by Gasteiger charge is -2.23. The second kappa shape index (κ2) is 6.97. The summed E-state index contributed by atoms with van der Waals surface area (Å²) >= 11 is 1.55. The molecule has 2 aromatic heterocycles. The zero-order valence-electron chi connectivity index (χ0n) is 13.2. The first-order valence-electron chi connectivity index (χ1n) is 7.08. The second-order valence-corrected chi connectivity index (χ2v) is 6.32. The van der Waals surface area contributed by atoms with E-state index in [1.807, 2.05) is 16.8 Å². The van der Waals surface area contributed by atoms with Gasteiger partial charge in [0.1, 0.15) is 17.6 Å². The molecule has 2 aromatic rings. The number of aliphatic hydroxyl groups is 1. The highest BCUT2D eigenvalue weighted by molar-refractivity contribution is 7.08. The van der Waals surface area contributed by atoms with E-state index in [0.29, 0.717) is 11.5 Å². The summed E-state index contributed by atoms with van der Waals surface area (Å²) in [5.74, 6) is -0.0165. The Labute approximate surface area is 138 Å². The third-order valence-corrected chi connectivity index (χ3v) is 3.85. The van der Waals surface area contributed by atoms with Gasteiger partial charge in [-0.2, -0.15) is 11.3 Å². The maximum absolute atomic E-state index is 12.0. The van der Waals surface area contributed by atoms with Crippen LogP contribution in [0, 0.1) is 0 Å². The highest BCUT2D eigenvalue weighted by Crippen LogP contribution is 2.26. The van der Waals surface area contributed by atoms with E-state index < -0.39 is 23.6 Å². The van der Waals surface area contributed by atoms with Crippen LogP contribution in [0.2, 0.25) is 0 Å². The predicted octanol–water partition coefficient (Wildman–Crippen LogP) is 2.50. The zero-order chi connectivity index (χ0) is 17.0. The van der Waals surface area contributed by atoms with Crippen molar-refractivity contribution in [3.63, 3.8) is 0 Å². The third-order valence-electron chi connectivity index (χ3n) is 3.16. The lowest BCUT2D eigenvalue weighted by molar-refractivity contribution is -0.163. The van der Waals surface area contributed by atoms with Crippen molar-refractivity contribution in [2.24, 2.45) is 0 Å². The quantitative estimate of drug-likeness (QED) is 0.791. The first kappa shape index (κ1) is 17.2. The van der Waals surface area contributed by atoms with Crippen LogP contribution < -0.4 is 5.32 Å². The van der Waals surface area contributed by atoms with Gasteiger partial charge in [-0.1, -0.05) is 0 Å². The molecule has 0 aromatic carbocycles. The van der Waals surface area contributed by atoms with Crippen molar-refractivity contribution in [3.8, 4) is 11.3 Å². The lowest BCUT2D eigenvalue weighted by atomic mass is 10.1. The smallest absolute Gasteiger partial charge is 0.303 e. The third kappa shape index (κ3) is 4.43. The molecule has 7 heteroatoms. The van der Waals surface area contributed by atoms with Gasteiger partial charge in [-0.15, -0.1) is 0 Å². The molecule has 2 N–H and O–H groups in total. The number of thiophene rings is 1. The van der Waals surface area contributed by atoms with Crippen LogP contribution in [-0.4, -0.2) is 29.1 Å². The summed E-state index contributed by atoms with van der Waals surface area (Å²) in [4.78, 5) is 23.0. The minimum absolute atomic E-state index is 0.0415. The van der Waals surface area contributed by atoms with Crippen molar-refractivity contribution >= 4 is 23.2 Å². The Kier molecular flexibility index (Phi) is 5.23. The Balaban J connectivity index is 1.93. The molecule has 6 nitrogen and oxygen atoms in total. The standard InChI is InChI=1S/C16H19NO5S/c1-10(18)22-16(2,3)15(20)17-8-12(19)14-5-4-13(21-14)11-6-7-23-9-11/h4-7,9,12,19H,8H2,1-3H3,(H,17,20)/t12-/m0/s1. The van der Waals surface area contributed by atoms with Crippen molar-refractivity contribution in [1.82, 2.24) is 5.32 Å². The van der Waals surface area contributed by atoms with Gasteiger partial charge >= 0.3 is 5.97 Å². The molecule has 0 bridgehead atoms. The number of carbonyl (C=O) groups is 2. The van der Waals surface area contributed by atoms with Crippen LogP contribution in [0.4, 0.5) is 0 Å². The van der Waals surface area contributed by atoms with Crippen molar-refractivity contribution < 1.29 is 23.8 Å². The number of amides is 1. The van der Waals surface area contributed by atoms with Crippen molar-refractivity contribution in [2.75, 3.05) is 6.54 Å². The number of hydrogen-bond donors (Lipinski definition) is 2. The lowest BCUT2D eigenvalue weighted by Crippen LogP contribution is -2.46. The van der Waals surface area contributed by atoms with Gasteiger partial charge in [0, 0.05) is 17.9 Å². The van der Waals surface area contributed by atoms with Gasteiger partial charge in [-0.3, -0.25) is 9.59 Å². The van der Waals surface area contributed by atoms with E-state index in [9.17, 15) is 14.7 Å². The van der Waals surface area contributed by atoms with Crippen molar-refractivity contribution in [1.29, 1.82) is 0 Å². The predicted molar refractivity (Wildman–Crippen MR) is 85.8 cm³/mol. The molecule has 23 heavy (non-hydrogen) atoms. The van der Waals surface area contributed by atoms with E-state index >= 15 is 0 Å². The minimum atomic E-state index is -1.30. The molecule has 2 heterocycles. The summed E-state index contributed by atoms with van der Waals surface area (Å²) in [5.41, 5.74) is -0.357. The summed E-state index contributed by atoms with van der Waals surface area (Å²) < 4.78 is 10.5. The fourth-order valence-corrected chi connectivity index (χ4v) is 2.65. The largest absolute Gasteiger partial charge is 0.458 e. The van der Waals surface area contributed by atoms with Gasteiger partial charge in [0.05, 0.1) is 6.54 Å². The molecule has 0 saturated heterocycles. The van der Waals surface area contributed by atoms with E-state index in [4.69, 9.17) is 9.15 Å². The molecule has 0 aliphatic rings. The summed E-state index contributed by atoms with van der Waals surface area (Å²) in [6, 6.07) is 5.36. The summed E-state index contributed by atoms with van der Waals surface area (Å²) in [6.07, 6.45) is -0.987. The Morgan fingerprint density at radius 3 is 2.74 bits per heavy atom. The Morgan fingerprint density at radius 2 is 2.13 bits per heavy atom. The number of hydrogen-bond acceptors (Lipinski definition) is 6. The molecule has 0 fully saturated rings. The Hall–Kier alpha value is -2.12. The number of esters is 1. The molecular formula is C16H19NO5S. The van der Waals surface area contributed by atoms with Gasteiger partial charge in [0.25, 0.3) is 5.91 Å². The number of nitrogens with one attached hydrogen (secondary N) is 1. The average molecular weight is 337 g/mol. The monoisotopic (exact) mass is 337 g/mol. The van der Waals surface area contributed by atoms with E-state index in [2.05, 4.69) is 5.32 Å². The highest BCUT2D eigenvalue weighted by atomic mass is 32.1. The van der Waals surface area contributed by atoms with Crippen LogP contribution in [0.3, 0.4) is 0 Å². The summed E-state index contributed by atoms with van der Waals surface area (Å²) in [7, 11) is 0. The molecule has 124 valence electrons. The molecule has 2 rings (SSSR count). The molecule has 0 spiro atoms. The van der Waals surface area contributed by atoms with E-state index in [1.54, 1.807) is 23.5 Å². The second-order valence-electron chi connectivity index (χ2n) is 5.54. The number of ether oxygens (including phenoxy) is 1. The first-order chi connectivity index (χ1) is 10.8. The zero-order valence-corrected chi connectivity index (χ0v) is 14.0. The van der Waals surface area contributed by atoms with Crippen LogP contribution in [0.15, 0.2) is 33.4 Å². The average Bonchev–Trinajstić information content (AvgIpc) is 3.12. The number of rotatable bonds is 6. The van der Waals surface area contributed by atoms with Crippen LogP contribution in [0.5, 0.6) is 0 Å². The van der Waals surface area contributed by atoms with E-state index in [-0.39, 0.29) is 6.54 Å². The van der Waals surface area contributed by atoms with E-state index in [0.717, 1.165) is 5.56 Å². The minimum Gasteiger partial charge on any atom is -0.458 e. The van der Waals surface area contributed by atoms with Crippen LogP contribution in [0.25, 0.3) is 11.3 Å². The van der Waals surface area contributed by atoms with Crippen molar-refractivity contribution in [3.05, 3.63) is 34.7 Å². The normalized spacial score (nSPS) is 12.7. The summed E-state index contributed by atoms with van der Waals surface area (Å²) in [6.45, 7) is 4.16. The fourth-order valence-electron chi connectivity index (χ4n) is 2.00. The molecule has 0 saturated carbocycles. The number of aliphatic hydroxyl groups excluding tert-OH is 1. The number of carbonyl (C=O) groups excluding carboxylic acids is 2. The molecule has 1 amide bonds.